The summed E-state index contributed by atoms with van der Waals surface area (Å²) in [5.74, 6) is -3.21. The molecule has 1 amide bonds. The zero-order chi connectivity index (χ0) is 15.6. The molecule has 0 radical (unpaired) electrons. The average molecular weight is 298 g/mol. The Morgan fingerprint density at radius 2 is 2.05 bits per heavy atom. The van der Waals surface area contributed by atoms with Crippen molar-refractivity contribution in [2.24, 2.45) is 5.92 Å². The fourth-order valence-corrected chi connectivity index (χ4v) is 2.31. The maximum absolute atomic E-state index is 13.7. The highest BCUT2D eigenvalue weighted by Crippen LogP contribution is 2.22. The van der Waals surface area contributed by atoms with E-state index in [0.717, 1.165) is 19.6 Å². The highest BCUT2D eigenvalue weighted by molar-refractivity contribution is 5.97. The van der Waals surface area contributed by atoms with Gasteiger partial charge in [-0.3, -0.25) is 4.79 Å². The molecule has 1 aromatic carbocycles. The number of carbonyl (C=O) groups is 2. The maximum atomic E-state index is 13.7. The average Bonchev–Trinajstić information content (AvgIpc) is 2.87. The van der Waals surface area contributed by atoms with Gasteiger partial charge in [-0.1, -0.05) is 6.92 Å². The van der Waals surface area contributed by atoms with Crippen molar-refractivity contribution in [3.8, 4) is 0 Å². The molecule has 0 aromatic heterocycles. The van der Waals surface area contributed by atoms with Crippen LogP contribution < -0.4 is 10.6 Å². The van der Waals surface area contributed by atoms with Gasteiger partial charge >= 0.3 is 5.97 Å². The van der Waals surface area contributed by atoms with E-state index < -0.39 is 35.1 Å². The number of ether oxygens (including phenoxy) is 1. The van der Waals surface area contributed by atoms with E-state index in [-0.39, 0.29) is 11.6 Å². The fourth-order valence-electron chi connectivity index (χ4n) is 2.31. The van der Waals surface area contributed by atoms with Crippen molar-refractivity contribution in [1.29, 1.82) is 0 Å². The van der Waals surface area contributed by atoms with Crippen molar-refractivity contribution < 1.29 is 23.1 Å². The minimum Gasteiger partial charge on any atom is -0.465 e. The van der Waals surface area contributed by atoms with Gasteiger partial charge in [0.25, 0.3) is 0 Å². The summed E-state index contributed by atoms with van der Waals surface area (Å²) >= 11 is 0. The van der Waals surface area contributed by atoms with Crippen LogP contribution in [0, 0.1) is 17.6 Å². The monoisotopic (exact) mass is 298 g/mol. The quantitative estimate of drug-likeness (QED) is 0.833. The molecule has 1 saturated heterocycles. The van der Waals surface area contributed by atoms with Crippen LogP contribution in [0.5, 0.6) is 0 Å². The van der Waals surface area contributed by atoms with Gasteiger partial charge in [0, 0.05) is 6.07 Å². The van der Waals surface area contributed by atoms with E-state index in [1.165, 1.54) is 0 Å². The molecule has 1 aliphatic rings. The predicted octanol–water partition coefficient (Wildman–Crippen LogP) is 1.69. The van der Waals surface area contributed by atoms with E-state index in [0.29, 0.717) is 12.6 Å². The number of methoxy groups -OCH3 is 1. The molecule has 1 fully saturated rings. The van der Waals surface area contributed by atoms with Crippen LogP contribution in [0.15, 0.2) is 12.1 Å². The smallest absolute Gasteiger partial charge is 0.340 e. The molecule has 5 nitrogen and oxygen atoms in total. The van der Waals surface area contributed by atoms with Crippen LogP contribution in [0.2, 0.25) is 0 Å². The first-order valence-corrected chi connectivity index (χ1v) is 6.55. The van der Waals surface area contributed by atoms with Crippen LogP contribution in [-0.4, -0.2) is 31.6 Å². The molecule has 2 N–H and O–H groups in total. The molecule has 2 unspecified atom stereocenters. The summed E-state index contributed by atoms with van der Waals surface area (Å²) in [5.41, 5.74) is -0.677. The molecular weight excluding hydrogens is 282 g/mol. The Kier molecular flexibility index (Phi) is 4.52. The summed E-state index contributed by atoms with van der Waals surface area (Å²) in [4.78, 5) is 23.4. The zero-order valence-electron chi connectivity index (χ0n) is 11.7. The topological polar surface area (TPSA) is 67.4 Å². The van der Waals surface area contributed by atoms with Gasteiger partial charge in [0.1, 0.15) is 11.6 Å². The van der Waals surface area contributed by atoms with Crippen LogP contribution in [0.4, 0.5) is 14.5 Å². The summed E-state index contributed by atoms with van der Waals surface area (Å²) < 4.78 is 31.6. The van der Waals surface area contributed by atoms with Gasteiger partial charge in [-0.25, -0.2) is 13.6 Å². The molecule has 1 aromatic rings. The third-order valence-electron chi connectivity index (χ3n) is 3.54. The van der Waals surface area contributed by atoms with Gasteiger partial charge in [0.2, 0.25) is 5.91 Å². The SMILES string of the molecule is COC(=O)c1cc(NC(=O)C2NCCC2C)c(F)cc1F. The lowest BCUT2D eigenvalue weighted by molar-refractivity contribution is -0.118. The van der Waals surface area contributed by atoms with Crippen LogP contribution in [0.25, 0.3) is 0 Å². The number of hydrogen-bond acceptors (Lipinski definition) is 4. The third kappa shape index (κ3) is 3.18. The first-order valence-electron chi connectivity index (χ1n) is 6.55. The number of hydrogen-bond donors (Lipinski definition) is 2. The molecule has 0 bridgehead atoms. The normalized spacial score (nSPS) is 21.1. The molecular formula is C14H16F2N2O3. The standard InChI is InChI=1S/C14H16F2N2O3/c1-7-3-4-17-12(7)13(19)18-11-5-8(14(20)21-2)9(15)6-10(11)16/h5-7,12,17H,3-4H2,1-2H3,(H,18,19). The van der Waals surface area contributed by atoms with E-state index >= 15 is 0 Å². The molecule has 1 aliphatic heterocycles. The second kappa shape index (κ2) is 6.17. The van der Waals surface area contributed by atoms with Gasteiger partial charge in [0.15, 0.2) is 0 Å². The van der Waals surface area contributed by atoms with Gasteiger partial charge in [-0.2, -0.15) is 0 Å². The molecule has 0 aliphatic carbocycles. The zero-order valence-corrected chi connectivity index (χ0v) is 11.7. The Morgan fingerprint density at radius 3 is 2.62 bits per heavy atom. The van der Waals surface area contributed by atoms with Crippen molar-refractivity contribution in [3.63, 3.8) is 0 Å². The van der Waals surface area contributed by atoms with Gasteiger partial charge in [-0.05, 0) is 24.9 Å². The minimum atomic E-state index is -1.04. The number of rotatable bonds is 3. The highest BCUT2D eigenvalue weighted by Gasteiger charge is 2.30. The lowest BCUT2D eigenvalue weighted by Gasteiger charge is -2.16. The number of benzene rings is 1. The molecule has 114 valence electrons. The Hall–Kier alpha value is -2.02. The fraction of sp³-hybridized carbons (Fsp3) is 0.429. The van der Waals surface area contributed by atoms with Crippen LogP contribution >= 0.6 is 0 Å². The first-order chi connectivity index (χ1) is 9.93. The van der Waals surface area contributed by atoms with Crippen LogP contribution in [-0.2, 0) is 9.53 Å². The number of carbonyl (C=O) groups excluding carboxylic acids is 2. The summed E-state index contributed by atoms with van der Waals surface area (Å²) in [6.45, 7) is 2.61. The minimum absolute atomic E-state index is 0.119. The van der Waals surface area contributed by atoms with Gasteiger partial charge < -0.3 is 15.4 Å². The molecule has 2 atom stereocenters. The van der Waals surface area contributed by atoms with E-state index in [9.17, 15) is 18.4 Å². The summed E-state index contributed by atoms with van der Waals surface area (Å²) in [7, 11) is 1.09. The second-order valence-corrected chi connectivity index (χ2v) is 4.99. The Labute approximate surface area is 120 Å². The molecule has 7 heteroatoms. The number of anilines is 1. The van der Waals surface area contributed by atoms with Crippen molar-refractivity contribution in [3.05, 3.63) is 29.3 Å². The second-order valence-electron chi connectivity index (χ2n) is 4.99. The largest absolute Gasteiger partial charge is 0.465 e. The maximum Gasteiger partial charge on any atom is 0.340 e. The van der Waals surface area contributed by atoms with Crippen molar-refractivity contribution in [2.75, 3.05) is 19.0 Å². The molecule has 0 saturated carbocycles. The lowest BCUT2D eigenvalue weighted by Crippen LogP contribution is -2.39. The predicted molar refractivity (Wildman–Crippen MR) is 71.9 cm³/mol. The Morgan fingerprint density at radius 1 is 1.33 bits per heavy atom. The number of amides is 1. The summed E-state index contributed by atoms with van der Waals surface area (Å²) in [6.07, 6.45) is 0.845. The van der Waals surface area contributed by atoms with Crippen molar-refractivity contribution >= 4 is 17.6 Å². The van der Waals surface area contributed by atoms with E-state index in [2.05, 4.69) is 15.4 Å². The van der Waals surface area contributed by atoms with Crippen LogP contribution in [0.1, 0.15) is 23.7 Å². The molecule has 0 spiro atoms. The summed E-state index contributed by atoms with van der Waals surface area (Å²) in [5, 5.41) is 5.38. The molecule has 2 rings (SSSR count). The van der Waals surface area contributed by atoms with Gasteiger partial charge in [-0.15, -0.1) is 0 Å². The lowest BCUT2D eigenvalue weighted by atomic mass is 10.0. The van der Waals surface area contributed by atoms with E-state index in [1.807, 2.05) is 6.92 Å². The van der Waals surface area contributed by atoms with Crippen molar-refractivity contribution in [1.82, 2.24) is 5.32 Å². The Balaban J connectivity index is 2.23. The van der Waals surface area contributed by atoms with Gasteiger partial charge in [0.05, 0.1) is 24.4 Å². The molecule has 1 heterocycles. The third-order valence-corrected chi connectivity index (χ3v) is 3.54. The van der Waals surface area contributed by atoms with Crippen LogP contribution in [0.3, 0.4) is 0 Å². The summed E-state index contributed by atoms with van der Waals surface area (Å²) in [6, 6.07) is 1.05. The number of halogens is 2. The van der Waals surface area contributed by atoms with E-state index in [4.69, 9.17) is 0 Å². The number of esters is 1. The van der Waals surface area contributed by atoms with E-state index in [1.54, 1.807) is 0 Å². The highest BCUT2D eigenvalue weighted by atomic mass is 19.1. The first kappa shape index (κ1) is 15.4. The number of nitrogens with one attached hydrogen (secondary N) is 2. The van der Waals surface area contributed by atoms with Crippen molar-refractivity contribution in [2.45, 2.75) is 19.4 Å². The molecule has 21 heavy (non-hydrogen) atoms. The Bertz CT molecular complexity index is 578.